The van der Waals surface area contributed by atoms with Crippen molar-refractivity contribution in [2.45, 2.75) is 5.75 Å². The normalized spacial score (nSPS) is 9.67. The largest absolute Gasteiger partial charge is 0.232 e. The van der Waals surface area contributed by atoms with E-state index in [-0.39, 0.29) is 5.75 Å². The Morgan fingerprint density at radius 1 is 1.33 bits per heavy atom. The van der Waals surface area contributed by atoms with Crippen molar-refractivity contribution >= 4 is 10.7 Å². The maximum absolute atomic E-state index is 10.4. The molecule has 0 bridgehead atoms. The fourth-order valence-electron chi connectivity index (χ4n) is 0.906. The third kappa shape index (κ3) is 2.07. The molecule has 0 heterocycles. The Kier molecular flexibility index (Phi) is 2.83. The van der Waals surface area contributed by atoms with Crippen LogP contribution in [0.4, 0.5) is 0 Å². The first-order valence-electron chi connectivity index (χ1n) is 3.34. The van der Waals surface area contributed by atoms with Gasteiger partial charge in [0.2, 0.25) is 0 Å². The monoisotopic (exact) mass is 181 g/mol. The predicted molar refractivity (Wildman–Crippen MR) is 45.2 cm³/mol. The molecule has 1 rings (SSSR count). The number of benzene rings is 1. The van der Waals surface area contributed by atoms with Crippen molar-refractivity contribution < 1.29 is 8.42 Å². The maximum atomic E-state index is 10.4. The lowest BCUT2D eigenvalue weighted by atomic mass is 10.1. The molecule has 12 heavy (non-hydrogen) atoms. The molecular formula is C8H7NO2S. The van der Waals surface area contributed by atoms with Crippen LogP contribution in [-0.4, -0.2) is 8.42 Å². The summed E-state index contributed by atoms with van der Waals surface area (Å²) in [6.07, 6.45) is 0. The van der Waals surface area contributed by atoms with Crippen molar-refractivity contribution in [3.8, 4) is 6.07 Å². The molecule has 4 heteroatoms. The van der Waals surface area contributed by atoms with E-state index in [0.717, 1.165) is 0 Å². The highest BCUT2D eigenvalue weighted by atomic mass is 32.2. The molecule has 0 radical (unpaired) electrons. The fourth-order valence-corrected chi connectivity index (χ4v) is 1.46. The van der Waals surface area contributed by atoms with Gasteiger partial charge >= 0.3 is 0 Å². The van der Waals surface area contributed by atoms with Crippen LogP contribution in [-0.2, 0) is 16.5 Å². The Morgan fingerprint density at radius 3 is 2.58 bits per heavy atom. The summed E-state index contributed by atoms with van der Waals surface area (Å²) < 4.78 is 20.7. The molecule has 0 aliphatic heterocycles. The molecule has 0 aliphatic carbocycles. The van der Waals surface area contributed by atoms with Gasteiger partial charge in [-0.05, 0) is 11.6 Å². The van der Waals surface area contributed by atoms with Crippen LogP contribution in [0.2, 0.25) is 0 Å². The standard InChI is InChI=1S/C8H7NO2S/c9-5-7-3-1-2-4-8(7)6-12(10)11/h1-4,12H,6H2. The van der Waals surface area contributed by atoms with E-state index in [9.17, 15) is 8.42 Å². The summed E-state index contributed by atoms with van der Waals surface area (Å²) in [6.45, 7) is 0. The van der Waals surface area contributed by atoms with E-state index in [4.69, 9.17) is 5.26 Å². The van der Waals surface area contributed by atoms with Crippen LogP contribution < -0.4 is 0 Å². The predicted octanol–water partition coefficient (Wildman–Crippen LogP) is 0.670. The Hall–Kier alpha value is -1.34. The van der Waals surface area contributed by atoms with E-state index < -0.39 is 10.7 Å². The highest BCUT2D eigenvalue weighted by molar-refractivity contribution is 7.71. The maximum Gasteiger partial charge on any atom is 0.144 e. The average molecular weight is 181 g/mol. The van der Waals surface area contributed by atoms with E-state index in [1.165, 1.54) is 0 Å². The molecule has 0 saturated heterocycles. The first-order valence-corrected chi connectivity index (χ1v) is 4.70. The minimum atomic E-state index is -2.45. The molecule has 0 aliphatic rings. The van der Waals surface area contributed by atoms with Crippen LogP contribution in [0, 0.1) is 11.3 Å². The molecule has 0 unspecified atom stereocenters. The van der Waals surface area contributed by atoms with Gasteiger partial charge in [0.1, 0.15) is 10.7 Å². The summed E-state index contributed by atoms with van der Waals surface area (Å²) in [6, 6.07) is 8.61. The van der Waals surface area contributed by atoms with E-state index in [0.29, 0.717) is 11.1 Å². The highest BCUT2D eigenvalue weighted by Gasteiger charge is 2.00. The van der Waals surface area contributed by atoms with Crippen LogP contribution >= 0.6 is 0 Å². The molecule has 1 aromatic carbocycles. The second-order valence-corrected chi connectivity index (χ2v) is 3.24. The third-order valence-electron chi connectivity index (χ3n) is 1.44. The summed E-state index contributed by atoms with van der Waals surface area (Å²) in [5, 5.41) is 8.58. The minimum Gasteiger partial charge on any atom is -0.232 e. The Morgan fingerprint density at radius 2 is 2.00 bits per heavy atom. The van der Waals surface area contributed by atoms with Crippen molar-refractivity contribution in [2.75, 3.05) is 0 Å². The van der Waals surface area contributed by atoms with Gasteiger partial charge in [0.25, 0.3) is 0 Å². The van der Waals surface area contributed by atoms with Crippen LogP contribution in [0.15, 0.2) is 24.3 Å². The second kappa shape index (κ2) is 3.88. The smallest absolute Gasteiger partial charge is 0.144 e. The van der Waals surface area contributed by atoms with Crippen molar-refractivity contribution in [3.63, 3.8) is 0 Å². The van der Waals surface area contributed by atoms with Gasteiger partial charge in [-0.1, -0.05) is 18.2 Å². The molecule has 0 atom stereocenters. The SMILES string of the molecule is N#Cc1ccccc1C[SH](=O)=O. The number of hydrogen-bond acceptors (Lipinski definition) is 3. The minimum absolute atomic E-state index is 0.0565. The summed E-state index contributed by atoms with van der Waals surface area (Å²) in [5.41, 5.74) is 0.993. The molecule has 0 amide bonds. The lowest BCUT2D eigenvalue weighted by molar-refractivity contribution is 0.614. The third-order valence-corrected chi connectivity index (χ3v) is 2.04. The van der Waals surface area contributed by atoms with Crippen LogP contribution in [0.5, 0.6) is 0 Å². The number of thiol groups is 1. The number of hydrogen-bond donors (Lipinski definition) is 1. The van der Waals surface area contributed by atoms with E-state index in [1.54, 1.807) is 24.3 Å². The Bertz CT molecular complexity index is 382. The summed E-state index contributed by atoms with van der Waals surface area (Å²) in [4.78, 5) is 0. The van der Waals surface area contributed by atoms with Gasteiger partial charge in [-0.15, -0.1) is 0 Å². The van der Waals surface area contributed by atoms with Crippen LogP contribution in [0.3, 0.4) is 0 Å². The van der Waals surface area contributed by atoms with E-state index >= 15 is 0 Å². The van der Waals surface area contributed by atoms with E-state index in [2.05, 4.69) is 0 Å². The first-order chi connectivity index (χ1) is 5.74. The van der Waals surface area contributed by atoms with Gasteiger partial charge < -0.3 is 0 Å². The molecule has 0 spiro atoms. The summed E-state index contributed by atoms with van der Waals surface area (Å²) in [5.74, 6) is -0.0565. The average Bonchev–Trinajstić information content (AvgIpc) is 2.04. The molecular weight excluding hydrogens is 174 g/mol. The molecule has 0 aromatic heterocycles. The molecule has 0 fully saturated rings. The number of nitrogens with zero attached hydrogens (tertiary/aromatic N) is 1. The lowest BCUT2D eigenvalue weighted by Crippen LogP contribution is -1.90. The lowest BCUT2D eigenvalue weighted by Gasteiger charge is -1.95. The van der Waals surface area contributed by atoms with Crippen LogP contribution in [0.25, 0.3) is 0 Å². The number of nitriles is 1. The second-order valence-electron chi connectivity index (χ2n) is 2.26. The first kappa shape index (κ1) is 8.75. The highest BCUT2D eigenvalue weighted by Crippen LogP contribution is 2.07. The number of rotatable bonds is 2. The topological polar surface area (TPSA) is 57.9 Å². The molecule has 1 aromatic rings. The Labute approximate surface area is 72.2 Å². The van der Waals surface area contributed by atoms with Crippen LogP contribution in [0.1, 0.15) is 11.1 Å². The quantitative estimate of drug-likeness (QED) is 0.682. The zero-order valence-corrected chi connectivity index (χ0v) is 7.12. The Balaban J connectivity index is 3.07. The van der Waals surface area contributed by atoms with Gasteiger partial charge in [0.15, 0.2) is 0 Å². The summed E-state index contributed by atoms with van der Waals surface area (Å²) >= 11 is 0. The van der Waals surface area contributed by atoms with Crippen molar-refractivity contribution in [2.24, 2.45) is 0 Å². The molecule has 0 N–H and O–H groups in total. The molecule has 62 valence electrons. The summed E-state index contributed by atoms with van der Waals surface area (Å²) in [7, 11) is -2.45. The van der Waals surface area contributed by atoms with E-state index in [1.807, 2.05) is 6.07 Å². The van der Waals surface area contributed by atoms with Gasteiger partial charge in [-0.3, -0.25) is 0 Å². The molecule has 0 saturated carbocycles. The van der Waals surface area contributed by atoms with Gasteiger partial charge in [-0.25, -0.2) is 8.42 Å². The van der Waals surface area contributed by atoms with Crippen molar-refractivity contribution in [1.82, 2.24) is 0 Å². The van der Waals surface area contributed by atoms with Gasteiger partial charge in [-0.2, -0.15) is 5.26 Å². The zero-order valence-electron chi connectivity index (χ0n) is 6.23. The van der Waals surface area contributed by atoms with Gasteiger partial charge in [0.05, 0.1) is 17.4 Å². The zero-order chi connectivity index (χ0) is 8.97. The van der Waals surface area contributed by atoms with Crippen molar-refractivity contribution in [1.29, 1.82) is 5.26 Å². The van der Waals surface area contributed by atoms with Crippen molar-refractivity contribution in [3.05, 3.63) is 35.4 Å². The fraction of sp³-hybridized carbons (Fsp3) is 0.125. The van der Waals surface area contributed by atoms with Gasteiger partial charge in [0, 0.05) is 0 Å². The molecule has 3 nitrogen and oxygen atoms in total.